The minimum atomic E-state index is -1.27. The maximum absolute atomic E-state index is 11.0. The molecule has 0 aliphatic rings. The van der Waals surface area contributed by atoms with E-state index >= 15 is 0 Å². The molecule has 1 aromatic rings. The van der Waals surface area contributed by atoms with Crippen LogP contribution in [-0.2, 0) is 16.0 Å². The van der Waals surface area contributed by atoms with E-state index in [1.807, 2.05) is 30.3 Å². The Balaban J connectivity index is 0.00000225. The number of ether oxygens (including phenoxy) is 1. The first-order valence-corrected chi connectivity index (χ1v) is 4.70. The number of methoxy groups -OCH3 is 1. The predicted molar refractivity (Wildman–Crippen MR) is 63.4 cm³/mol. The molecule has 0 saturated heterocycles. The molecule has 0 amide bonds. The Morgan fingerprint density at radius 1 is 1.44 bits per heavy atom. The minimum Gasteiger partial charge on any atom is -0.467 e. The van der Waals surface area contributed by atoms with Crippen LogP contribution in [0.1, 0.15) is 5.56 Å². The quantitative estimate of drug-likeness (QED) is 0.759. The van der Waals surface area contributed by atoms with Crippen molar-refractivity contribution in [2.45, 2.75) is 18.6 Å². The van der Waals surface area contributed by atoms with Crippen LogP contribution in [0, 0.1) is 0 Å². The van der Waals surface area contributed by atoms with Gasteiger partial charge >= 0.3 is 5.97 Å². The van der Waals surface area contributed by atoms with Crippen molar-refractivity contribution in [1.29, 1.82) is 0 Å². The lowest BCUT2D eigenvalue weighted by molar-refractivity contribution is -0.151. The van der Waals surface area contributed by atoms with Gasteiger partial charge in [-0.3, -0.25) is 0 Å². The first kappa shape index (κ1) is 14.9. The molecular formula is C11H16ClNO3. The van der Waals surface area contributed by atoms with Gasteiger partial charge in [-0.05, 0) is 12.0 Å². The van der Waals surface area contributed by atoms with Crippen molar-refractivity contribution in [1.82, 2.24) is 0 Å². The highest BCUT2D eigenvalue weighted by atomic mass is 35.5. The topological polar surface area (TPSA) is 72.5 Å². The zero-order chi connectivity index (χ0) is 11.3. The van der Waals surface area contributed by atoms with Crippen molar-refractivity contribution in [3.8, 4) is 0 Å². The summed E-state index contributed by atoms with van der Waals surface area (Å²) in [5.41, 5.74) is 6.65. The van der Waals surface area contributed by atoms with Gasteiger partial charge in [0.2, 0.25) is 0 Å². The lowest BCUT2D eigenvalue weighted by atomic mass is 10.0. The molecule has 0 heterocycles. The average Bonchev–Trinajstić information content (AvgIpc) is 2.28. The van der Waals surface area contributed by atoms with Gasteiger partial charge in [0.25, 0.3) is 0 Å². The van der Waals surface area contributed by atoms with Crippen molar-refractivity contribution in [2.75, 3.05) is 7.11 Å². The monoisotopic (exact) mass is 245 g/mol. The summed E-state index contributed by atoms with van der Waals surface area (Å²) in [5.74, 6) is -0.696. The maximum atomic E-state index is 11.0. The number of benzene rings is 1. The third kappa shape index (κ3) is 4.18. The molecule has 16 heavy (non-hydrogen) atoms. The minimum absolute atomic E-state index is 0. The number of aliphatic hydroxyl groups excluding tert-OH is 1. The Bertz CT molecular complexity index is 318. The SMILES string of the molecule is COC(=O)[C@@H](O)[C@H](N)Cc1ccccc1.Cl. The van der Waals surface area contributed by atoms with E-state index in [1.54, 1.807) is 0 Å². The van der Waals surface area contributed by atoms with Gasteiger partial charge in [0, 0.05) is 6.04 Å². The lowest BCUT2D eigenvalue weighted by Crippen LogP contribution is -2.42. The summed E-state index contributed by atoms with van der Waals surface area (Å²) in [7, 11) is 1.22. The van der Waals surface area contributed by atoms with Crippen LogP contribution >= 0.6 is 12.4 Å². The molecule has 0 saturated carbocycles. The summed E-state index contributed by atoms with van der Waals surface area (Å²) in [5, 5.41) is 9.45. The second kappa shape index (κ2) is 7.22. The van der Waals surface area contributed by atoms with Crippen molar-refractivity contribution in [3.63, 3.8) is 0 Å². The van der Waals surface area contributed by atoms with Gasteiger partial charge in [-0.25, -0.2) is 4.79 Å². The average molecular weight is 246 g/mol. The van der Waals surface area contributed by atoms with E-state index < -0.39 is 18.1 Å². The number of carbonyl (C=O) groups excluding carboxylic acids is 1. The van der Waals surface area contributed by atoms with Crippen LogP contribution in [-0.4, -0.2) is 30.3 Å². The van der Waals surface area contributed by atoms with Crippen LogP contribution in [0.3, 0.4) is 0 Å². The van der Waals surface area contributed by atoms with Crippen LogP contribution in [0.5, 0.6) is 0 Å². The third-order valence-electron chi connectivity index (χ3n) is 2.16. The third-order valence-corrected chi connectivity index (χ3v) is 2.16. The van der Waals surface area contributed by atoms with E-state index in [0.29, 0.717) is 6.42 Å². The number of esters is 1. The van der Waals surface area contributed by atoms with Crippen LogP contribution in [0.4, 0.5) is 0 Å². The van der Waals surface area contributed by atoms with Gasteiger partial charge in [-0.1, -0.05) is 30.3 Å². The fourth-order valence-electron chi connectivity index (χ4n) is 1.29. The number of hydrogen-bond donors (Lipinski definition) is 2. The predicted octanol–water partition coefficient (Wildman–Crippen LogP) is 0.512. The van der Waals surface area contributed by atoms with Crippen molar-refractivity contribution in [3.05, 3.63) is 35.9 Å². The molecule has 4 nitrogen and oxygen atoms in total. The summed E-state index contributed by atoms with van der Waals surface area (Å²) in [6.07, 6.45) is -0.827. The molecule has 2 atom stereocenters. The van der Waals surface area contributed by atoms with E-state index in [2.05, 4.69) is 4.74 Å². The molecule has 0 bridgehead atoms. The summed E-state index contributed by atoms with van der Waals surface area (Å²) < 4.78 is 4.40. The Morgan fingerprint density at radius 2 is 2.00 bits per heavy atom. The molecule has 1 aromatic carbocycles. The Hall–Kier alpha value is -1.10. The normalized spacial score (nSPS) is 13.4. The first-order valence-electron chi connectivity index (χ1n) is 4.70. The highest BCUT2D eigenvalue weighted by Crippen LogP contribution is 2.05. The van der Waals surface area contributed by atoms with Crippen molar-refractivity contribution in [2.24, 2.45) is 5.73 Å². The number of nitrogens with two attached hydrogens (primary N) is 1. The fourth-order valence-corrected chi connectivity index (χ4v) is 1.29. The zero-order valence-electron chi connectivity index (χ0n) is 9.00. The number of carbonyl (C=O) groups is 1. The van der Waals surface area contributed by atoms with Crippen molar-refractivity contribution >= 4 is 18.4 Å². The summed E-state index contributed by atoms with van der Waals surface area (Å²) in [6.45, 7) is 0. The van der Waals surface area contributed by atoms with Crippen molar-refractivity contribution < 1.29 is 14.6 Å². The molecule has 1 rings (SSSR count). The molecule has 0 radical (unpaired) electrons. The molecule has 0 spiro atoms. The van der Waals surface area contributed by atoms with Crippen LogP contribution in [0.15, 0.2) is 30.3 Å². The van der Waals surface area contributed by atoms with Crippen LogP contribution in [0.2, 0.25) is 0 Å². The molecule has 0 aliphatic carbocycles. The molecule has 5 heteroatoms. The molecule has 0 aliphatic heterocycles. The largest absolute Gasteiger partial charge is 0.467 e. The maximum Gasteiger partial charge on any atom is 0.336 e. The number of hydrogen-bond acceptors (Lipinski definition) is 4. The Morgan fingerprint density at radius 3 is 2.50 bits per heavy atom. The van der Waals surface area contributed by atoms with Gasteiger partial charge < -0.3 is 15.6 Å². The van der Waals surface area contributed by atoms with Gasteiger partial charge in [-0.2, -0.15) is 0 Å². The van der Waals surface area contributed by atoms with Crippen LogP contribution < -0.4 is 5.73 Å². The van der Waals surface area contributed by atoms with Gasteiger partial charge in [0.15, 0.2) is 6.10 Å². The number of rotatable bonds is 4. The van der Waals surface area contributed by atoms with E-state index in [0.717, 1.165) is 5.56 Å². The highest BCUT2D eigenvalue weighted by molar-refractivity contribution is 5.85. The Kier molecular flexibility index (Phi) is 6.72. The molecule has 90 valence electrons. The zero-order valence-corrected chi connectivity index (χ0v) is 9.81. The van der Waals surface area contributed by atoms with Gasteiger partial charge in [0.1, 0.15) is 0 Å². The van der Waals surface area contributed by atoms with E-state index in [9.17, 15) is 9.90 Å². The standard InChI is InChI=1S/C11H15NO3.ClH/c1-15-11(14)10(13)9(12)7-8-5-3-2-4-6-8;/h2-6,9-10,13H,7,12H2,1H3;1H/t9-,10+;/m1./s1. The summed E-state index contributed by atoms with van der Waals surface area (Å²) >= 11 is 0. The Labute approximate surface area is 101 Å². The molecule has 0 fully saturated rings. The lowest BCUT2D eigenvalue weighted by Gasteiger charge is -2.16. The van der Waals surface area contributed by atoms with E-state index in [4.69, 9.17) is 5.73 Å². The fraction of sp³-hybridized carbons (Fsp3) is 0.364. The second-order valence-electron chi connectivity index (χ2n) is 3.32. The number of aliphatic hydroxyl groups is 1. The van der Waals surface area contributed by atoms with Gasteiger partial charge in [-0.15, -0.1) is 12.4 Å². The summed E-state index contributed by atoms with van der Waals surface area (Å²) in [4.78, 5) is 11.0. The van der Waals surface area contributed by atoms with Crippen LogP contribution in [0.25, 0.3) is 0 Å². The summed E-state index contributed by atoms with van der Waals surface area (Å²) in [6, 6.07) is 8.80. The van der Waals surface area contributed by atoms with E-state index in [1.165, 1.54) is 7.11 Å². The molecule has 0 unspecified atom stereocenters. The molecule has 3 N–H and O–H groups in total. The second-order valence-corrected chi connectivity index (χ2v) is 3.32. The highest BCUT2D eigenvalue weighted by Gasteiger charge is 2.23. The van der Waals surface area contributed by atoms with E-state index in [-0.39, 0.29) is 12.4 Å². The smallest absolute Gasteiger partial charge is 0.336 e. The number of halogens is 1. The molecule has 0 aromatic heterocycles. The first-order chi connectivity index (χ1) is 7.15. The van der Waals surface area contributed by atoms with Gasteiger partial charge in [0.05, 0.1) is 7.11 Å². The molecular weight excluding hydrogens is 230 g/mol.